The molecule has 104 valence electrons. The van der Waals surface area contributed by atoms with Gasteiger partial charge in [-0.1, -0.05) is 13.0 Å². The van der Waals surface area contributed by atoms with Crippen molar-refractivity contribution in [3.05, 3.63) is 42.0 Å². The Hall–Kier alpha value is -1.61. The summed E-state index contributed by atoms with van der Waals surface area (Å²) in [7, 11) is 0. The van der Waals surface area contributed by atoms with Gasteiger partial charge >= 0.3 is 0 Å². The molecule has 0 bridgehead atoms. The van der Waals surface area contributed by atoms with Gasteiger partial charge in [-0.2, -0.15) is 0 Å². The van der Waals surface area contributed by atoms with Crippen molar-refractivity contribution in [2.45, 2.75) is 26.7 Å². The van der Waals surface area contributed by atoms with Crippen molar-refractivity contribution in [2.75, 3.05) is 19.8 Å². The van der Waals surface area contributed by atoms with Gasteiger partial charge in [-0.3, -0.25) is 4.79 Å². The van der Waals surface area contributed by atoms with Gasteiger partial charge in [0.1, 0.15) is 12.4 Å². The molecule has 0 amide bonds. The highest BCUT2D eigenvalue weighted by molar-refractivity contribution is 5.94. The lowest BCUT2D eigenvalue weighted by Crippen LogP contribution is -2.08. The molecule has 0 radical (unpaired) electrons. The van der Waals surface area contributed by atoms with Crippen LogP contribution in [0.1, 0.15) is 36.2 Å². The second-order valence-corrected chi connectivity index (χ2v) is 4.33. The van der Waals surface area contributed by atoms with Gasteiger partial charge in [0.15, 0.2) is 5.78 Å². The van der Waals surface area contributed by atoms with Crippen LogP contribution in [0.15, 0.2) is 30.9 Å². The highest BCUT2D eigenvalue weighted by Gasteiger charge is 2.06. The summed E-state index contributed by atoms with van der Waals surface area (Å²) in [6, 6.07) is 5.50. The predicted octanol–water partition coefficient (Wildman–Crippen LogP) is 3.42. The van der Waals surface area contributed by atoms with Crippen LogP contribution >= 0.6 is 0 Å². The Bertz CT molecular complexity index is 424. The molecule has 1 aromatic carbocycles. The Morgan fingerprint density at radius 3 is 2.74 bits per heavy atom. The highest BCUT2D eigenvalue weighted by atomic mass is 16.5. The molecule has 1 aromatic rings. The lowest BCUT2D eigenvalue weighted by molar-refractivity contribution is 0.0999. The van der Waals surface area contributed by atoms with E-state index in [1.165, 1.54) is 0 Å². The molecule has 0 saturated heterocycles. The van der Waals surface area contributed by atoms with E-state index in [-0.39, 0.29) is 5.78 Å². The van der Waals surface area contributed by atoms with Crippen molar-refractivity contribution in [3.63, 3.8) is 0 Å². The third kappa shape index (κ3) is 5.26. The van der Waals surface area contributed by atoms with Gasteiger partial charge in [0, 0.05) is 12.2 Å². The van der Waals surface area contributed by atoms with Gasteiger partial charge in [0.05, 0.1) is 6.61 Å². The van der Waals surface area contributed by atoms with Crippen LogP contribution in [0.3, 0.4) is 0 Å². The first kappa shape index (κ1) is 15.4. The number of hydrogen-bond donors (Lipinski definition) is 0. The fourth-order valence-corrected chi connectivity index (χ4v) is 1.71. The average molecular weight is 262 g/mol. The van der Waals surface area contributed by atoms with Crippen LogP contribution < -0.4 is 4.74 Å². The van der Waals surface area contributed by atoms with Crippen molar-refractivity contribution in [1.82, 2.24) is 0 Å². The van der Waals surface area contributed by atoms with E-state index in [0.29, 0.717) is 25.2 Å². The van der Waals surface area contributed by atoms with E-state index >= 15 is 0 Å². The number of hydrogen-bond acceptors (Lipinski definition) is 3. The van der Waals surface area contributed by atoms with Gasteiger partial charge in [-0.25, -0.2) is 0 Å². The zero-order valence-electron chi connectivity index (χ0n) is 11.8. The molecule has 0 aliphatic heterocycles. The summed E-state index contributed by atoms with van der Waals surface area (Å²) < 4.78 is 11.1. The highest BCUT2D eigenvalue weighted by Crippen LogP contribution is 2.21. The van der Waals surface area contributed by atoms with E-state index in [9.17, 15) is 4.79 Å². The molecule has 0 fully saturated rings. The summed E-state index contributed by atoms with van der Waals surface area (Å²) in [5.74, 6) is 0.855. The van der Waals surface area contributed by atoms with Crippen LogP contribution in [-0.2, 0) is 11.2 Å². The summed E-state index contributed by atoms with van der Waals surface area (Å²) >= 11 is 0. The smallest absolute Gasteiger partial charge is 0.159 e. The SMILES string of the molecule is C=CCc1cc(C(C)=O)ccc1OCCOCCC. The van der Waals surface area contributed by atoms with E-state index in [4.69, 9.17) is 9.47 Å². The molecule has 0 unspecified atom stereocenters. The molecule has 0 aliphatic rings. The van der Waals surface area contributed by atoms with E-state index in [1.807, 2.05) is 12.1 Å². The fraction of sp³-hybridized carbons (Fsp3) is 0.438. The van der Waals surface area contributed by atoms with Crippen LogP contribution in [0.2, 0.25) is 0 Å². The lowest BCUT2D eigenvalue weighted by Gasteiger charge is -2.11. The summed E-state index contributed by atoms with van der Waals surface area (Å²) in [5, 5.41) is 0. The maximum atomic E-state index is 11.4. The van der Waals surface area contributed by atoms with Gasteiger partial charge in [0.2, 0.25) is 0 Å². The Kier molecular flexibility index (Phi) is 6.90. The van der Waals surface area contributed by atoms with Crippen LogP contribution in [0.5, 0.6) is 5.75 Å². The third-order valence-corrected chi connectivity index (χ3v) is 2.66. The summed E-state index contributed by atoms with van der Waals surface area (Å²) in [6.45, 7) is 9.21. The fourth-order valence-electron chi connectivity index (χ4n) is 1.71. The zero-order chi connectivity index (χ0) is 14.1. The predicted molar refractivity (Wildman–Crippen MR) is 77.0 cm³/mol. The molecule has 0 spiro atoms. The molecule has 3 nitrogen and oxygen atoms in total. The van der Waals surface area contributed by atoms with E-state index in [1.54, 1.807) is 19.1 Å². The Balaban J connectivity index is 2.65. The van der Waals surface area contributed by atoms with Crippen LogP contribution in [0.4, 0.5) is 0 Å². The zero-order valence-corrected chi connectivity index (χ0v) is 11.8. The largest absolute Gasteiger partial charge is 0.491 e. The molecule has 1 rings (SSSR count). The minimum absolute atomic E-state index is 0.0585. The molecule has 19 heavy (non-hydrogen) atoms. The normalized spacial score (nSPS) is 10.2. The topological polar surface area (TPSA) is 35.5 Å². The number of Topliss-reactive ketones (excluding diaryl/α,β-unsaturated/α-hetero) is 1. The first-order valence-electron chi connectivity index (χ1n) is 6.64. The molecule has 0 saturated carbocycles. The number of ketones is 1. The van der Waals surface area contributed by atoms with Crippen LogP contribution in [0.25, 0.3) is 0 Å². The van der Waals surface area contributed by atoms with Crippen molar-refractivity contribution in [1.29, 1.82) is 0 Å². The number of allylic oxidation sites excluding steroid dienone is 1. The molecule has 0 N–H and O–H groups in total. The van der Waals surface area contributed by atoms with Gasteiger partial charge in [-0.05, 0) is 43.5 Å². The Labute approximate surface area is 115 Å². The minimum atomic E-state index is 0.0585. The molecule has 0 aliphatic carbocycles. The molecular weight excluding hydrogens is 240 g/mol. The van der Waals surface area contributed by atoms with Crippen LogP contribution in [0, 0.1) is 0 Å². The van der Waals surface area contributed by atoms with E-state index < -0.39 is 0 Å². The third-order valence-electron chi connectivity index (χ3n) is 2.66. The van der Waals surface area contributed by atoms with Crippen molar-refractivity contribution < 1.29 is 14.3 Å². The molecule has 0 atom stereocenters. The van der Waals surface area contributed by atoms with Gasteiger partial charge in [-0.15, -0.1) is 6.58 Å². The summed E-state index contributed by atoms with van der Waals surface area (Å²) in [4.78, 5) is 11.4. The van der Waals surface area contributed by atoms with Crippen LogP contribution in [-0.4, -0.2) is 25.6 Å². The first-order chi connectivity index (χ1) is 9.19. The monoisotopic (exact) mass is 262 g/mol. The number of carbonyl (C=O) groups is 1. The first-order valence-corrected chi connectivity index (χ1v) is 6.64. The number of rotatable bonds is 9. The molecular formula is C16H22O3. The summed E-state index contributed by atoms with van der Waals surface area (Å²) in [6.07, 6.45) is 3.50. The second kappa shape index (κ2) is 8.48. The number of benzene rings is 1. The van der Waals surface area contributed by atoms with Gasteiger partial charge in [0.25, 0.3) is 0 Å². The van der Waals surface area contributed by atoms with Gasteiger partial charge < -0.3 is 9.47 Å². The van der Waals surface area contributed by atoms with Crippen molar-refractivity contribution >= 4 is 5.78 Å². The maximum Gasteiger partial charge on any atom is 0.159 e. The molecule has 0 aromatic heterocycles. The quantitative estimate of drug-likeness (QED) is 0.388. The summed E-state index contributed by atoms with van der Waals surface area (Å²) in [5.41, 5.74) is 1.68. The minimum Gasteiger partial charge on any atom is -0.491 e. The van der Waals surface area contributed by atoms with Crippen molar-refractivity contribution in [2.24, 2.45) is 0 Å². The lowest BCUT2D eigenvalue weighted by atomic mass is 10.0. The number of ether oxygens (including phenoxy) is 2. The second-order valence-electron chi connectivity index (χ2n) is 4.33. The Morgan fingerprint density at radius 2 is 2.11 bits per heavy atom. The van der Waals surface area contributed by atoms with Crippen molar-refractivity contribution in [3.8, 4) is 5.75 Å². The molecule has 0 heterocycles. The van der Waals surface area contributed by atoms with E-state index in [0.717, 1.165) is 24.3 Å². The standard InChI is InChI=1S/C16H22O3/c1-4-6-15-12-14(13(3)17)7-8-16(15)19-11-10-18-9-5-2/h4,7-8,12H,1,5-6,9-11H2,2-3H3. The number of carbonyl (C=O) groups excluding carboxylic acids is 1. The molecule has 3 heteroatoms. The van der Waals surface area contributed by atoms with E-state index in [2.05, 4.69) is 13.5 Å². The maximum absolute atomic E-state index is 11.4. The average Bonchev–Trinajstić information content (AvgIpc) is 2.40. The Morgan fingerprint density at radius 1 is 1.32 bits per heavy atom.